The Morgan fingerprint density at radius 2 is 1.60 bits per heavy atom. The second-order valence-electron chi connectivity index (χ2n) is 6.68. The van der Waals surface area contributed by atoms with Crippen LogP contribution in [0.3, 0.4) is 0 Å². The van der Waals surface area contributed by atoms with Crippen LogP contribution >= 0.6 is 0 Å². The van der Waals surface area contributed by atoms with Crippen LogP contribution in [-0.4, -0.2) is 5.54 Å². The first-order valence-electron chi connectivity index (χ1n) is 8.59. The Hall–Kier alpha value is -0.820. The van der Waals surface area contributed by atoms with Crippen LogP contribution < -0.4 is 5.73 Å². The lowest BCUT2D eigenvalue weighted by Crippen LogP contribution is -2.45. The number of rotatable bonds is 8. The minimum absolute atomic E-state index is 0.0672. The summed E-state index contributed by atoms with van der Waals surface area (Å²) >= 11 is 0. The normalized spacial score (nSPS) is 21.7. The molecule has 0 radical (unpaired) electrons. The van der Waals surface area contributed by atoms with Crippen molar-refractivity contribution in [3.8, 4) is 0 Å². The van der Waals surface area contributed by atoms with Gasteiger partial charge >= 0.3 is 0 Å². The van der Waals surface area contributed by atoms with E-state index in [2.05, 4.69) is 31.2 Å². The number of unbranched alkanes of at least 4 members (excludes halogenated alkanes) is 6. The third kappa shape index (κ3) is 4.63. The van der Waals surface area contributed by atoms with Gasteiger partial charge in [-0.3, -0.25) is 0 Å². The standard InChI is InChI=1S/C19H31N/c1-2-3-4-5-6-7-10-14-19(20)15-13-17-11-8-9-12-18(17)16-19/h8-9,11-12H,2-7,10,13-16,20H2,1H3. The van der Waals surface area contributed by atoms with Crippen molar-refractivity contribution in [1.29, 1.82) is 0 Å². The largest absolute Gasteiger partial charge is 0.325 e. The molecule has 0 aliphatic heterocycles. The van der Waals surface area contributed by atoms with E-state index < -0.39 is 0 Å². The zero-order valence-corrected chi connectivity index (χ0v) is 13.2. The monoisotopic (exact) mass is 273 g/mol. The van der Waals surface area contributed by atoms with Gasteiger partial charge in [0, 0.05) is 5.54 Å². The Balaban J connectivity index is 1.68. The van der Waals surface area contributed by atoms with Gasteiger partial charge in [-0.15, -0.1) is 0 Å². The molecule has 0 aromatic heterocycles. The molecule has 2 N–H and O–H groups in total. The molecule has 1 aromatic rings. The van der Waals surface area contributed by atoms with Crippen molar-refractivity contribution in [3.63, 3.8) is 0 Å². The molecule has 0 spiro atoms. The fourth-order valence-corrected chi connectivity index (χ4v) is 3.47. The highest BCUT2D eigenvalue weighted by Crippen LogP contribution is 2.30. The zero-order valence-electron chi connectivity index (χ0n) is 13.2. The molecule has 1 heteroatoms. The van der Waals surface area contributed by atoms with E-state index in [1.54, 1.807) is 0 Å². The maximum absolute atomic E-state index is 6.64. The van der Waals surface area contributed by atoms with E-state index >= 15 is 0 Å². The summed E-state index contributed by atoms with van der Waals surface area (Å²) < 4.78 is 0. The molecule has 2 rings (SSSR count). The second kappa shape index (κ2) is 7.83. The van der Waals surface area contributed by atoms with Gasteiger partial charge in [0.05, 0.1) is 0 Å². The first-order valence-corrected chi connectivity index (χ1v) is 8.59. The van der Waals surface area contributed by atoms with Crippen molar-refractivity contribution >= 4 is 0 Å². The van der Waals surface area contributed by atoms with Crippen LogP contribution in [0.2, 0.25) is 0 Å². The van der Waals surface area contributed by atoms with Crippen LogP contribution in [0, 0.1) is 0 Å². The molecule has 20 heavy (non-hydrogen) atoms. The predicted octanol–water partition coefficient (Wildman–Crippen LogP) is 5.01. The number of hydrogen-bond donors (Lipinski definition) is 1. The van der Waals surface area contributed by atoms with Crippen molar-refractivity contribution in [2.24, 2.45) is 5.73 Å². The molecular weight excluding hydrogens is 242 g/mol. The van der Waals surface area contributed by atoms with E-state index in [1.165, 1.54) is 75.3 Å². The van der Waals surface area contributed by atoms with Crippen molar-refractivity contribution < 1.29 is 0 Å². The van der Waals surface area contributed by atoms with Crippen molar-refractivity contribution in [1.82, 2.24) is 0 Å². The molecule has 1 aliphatic carbocycles. The molecule has 1 atom stereocenters. The van der Waals surface area contributed by atoms with E-state index in [9.17, 15) is 0 Å². The second-order valence-corrected chi connectivity index (χ2v) is 6.68. The average molecular weight is 273 g/mol. The van der Waals surface area contributed by atoms with E-state index in [1.807, 2.05) is 0 Å². The Morgan fingerprint density at radius 3 is 2.35 bits per heavy atom. The Kier molecular flexibility index (Phi) is 6.09. The first kappa shape index (κ1) is 15.6. The maximum Gasteiger partial charge on any atom is 0.0198 e. The highest BCUT2D eigenvalue weighted by atomic mass is 14.7. The molecule has 0 saturated heterocycles. The number of nitrogens with two attached hydrogens (primary N) is 1. The van der Waals surface area contributed by atoms with Crippen molar-refractivity contribution in [3.05, 3.63) is 35.4 Å². The van der Waals surface area contributed by atoms with Gasteiger partial charge in [0.2, 0.25) is 0 Å². The Bertz CT molecular complexity index is 399. The first-order chi connectivity index (χ1) is 9.73. The van der Waals surface area contributed by atoms with Crippen LogP contribution in [0.1, 0.15) is 75.8 Å². The van der Waals surface area contributed by atoms with Gasteiger partial charge in [-0.05, 0) is 36.8 Å². The van der Waals surface area contributed by atoms with Gasteiger partial charge < -0.3 is 5.73 Å². The molecule has 1 aromatic carbocycles. The summed E-state index contributed by atoms with van der Waals surface area (Å²) in [5, 5.41) is 0. The van der Waals surface area contributed by atoms with Gasteiger partial charge in [0.15, 0.2) is 0 Å². The third-order valence-corrected chi connectivity index (χ3v) is 4.83. The molecule has 1 unspecified atom stereocenters. The van der Waals surface area contributed by atoms with Crippen molar-refractivity contribution in [2.45, 2.75) is 83.1 Å². The highest BCUT2D eigenvalue weighted by Gasteiger charge is 2.29. The van der Waals surface area contributed by atoms with E-state index in [0.717, 1.165) is 6.42 Å². The summed E-state index contributed by atoms with van der Waals surface area (Å²) in [7, 11) is 0. The molecule has 0 amide bonds. The summed E-state index contributed by atoms with van der Waals surface area (Å²) in [6, 6.07) is 8.83. The van der Waals surface area contributed by atoms with Gasteiger partial charge in [-0.1, -0.05) is 76.1 Å². The highest BCUT2D eigenvalue weighted by molar-refractivity contribution is 5.31. The molecule has 0 fully saturated rings. The number of aryl methyl sites for hydroxylation is 1. The SMILES string of the molecule is CCCCCCCCCC1(N)CCc2ccccc2C1. The molecule has 112 valence electrons. The van der Waals surface area contributed by atoms with E-state index in [-0.39, 0.29) is 5.54 Å². The topological polar surface area (TPSA) is 26.0 Å². The lowest BCUT2D eigenvalue weighted by molar-refractivity contribution is 0.331. The summed E-state index contributed by atoms with van der Waals surface area (Å²) in [5.74, 6) is 0. The molecular formula is C19H31N. The zero-order chi connectivity index (χ0) is 14.3. The predicted molar refractivity (Wildman–Crippen MR) is 88.0 cm³/mol. The maximum atomic E-state index is 6.64. The minimum Gasteiger partial charge on any atom is -0.325 e. The van der Waals surface area contributed by atoms with Crippen LogP contribution in [0.15, 0.2) is 24.3 Å². The van der Waals surface area contributed by atoms with Crippen LogP contribution in [0.4, 0.5) is 0 Å². The fourth-order valence-electron chi connectivity index (χ4n) is 3.47. The molecule has 0 bridgehead atoms. The number of fused-ring (bicyclic) bond motifs is 1. The summed E-state index contributed by atoms with van der Waals surface area (Å²) in [4.78, 5) is 0. The Labute approximate surface area is 125 Å². The Morgan fingerprint density at radius 1 is 0.950 bits per heavy atom. The van der Waals surface area contributed by atoms with E-state index in [4.69, 9.17) is 5.73 Å². The van der Waals surface area contributed by atoms with Gasteiger partial charge in [0.25, 0.3) is 0 Å². The van der Waals surface area contributed by atoms with Crippen LogP contribution in [-0.2, 0) is 12.8 Å². The minimum atomic E-state index is 0.0672. The van der Waals surface area contributed by atoms with Crippen LogP contribution in [0.5, 0.6) is 0 Å². The average Bonchev–Trinajstić information content (AvgIpc) is 2.46. The summed E-state index contributed by atoms with van der Waals surface area (Å²) in [6.07, 6.45) is 14.3. The fraction of sp³-hybridized carbons (Fsp3) is 0.684. The number of hydrogen-bond acceptors (Lipinski definition) is 1. The van der Waals surface area contributed by atoms with Gasteiger partial charge in [-0.2, -0.15) is 0 Å². The van der Waals surface area contributed by atoms with E-state index in [0.29, 0.717) is 0 Å². The van der Waals surface area contributed by atoms with Crippen molar-refractivity contribution in [2.75, 3.05) is 0 Å². The lowest BCUT2D eigenvalue weighted by atomic mass is 9.76. The molecule has 1 nitrogen and oxygen atoms in total. The van der Waals surface area contributed by atoms with Gasteiger partial charge in [0.1, 0.15) is 0 Å². The smallest absolute Gasteiger partial charge is 0.0198 e. The molecule has 0 heterocycles. The molecule has 1 aliphatic rings. The lowest BCUT2D eigenvalue weighted by Gasteiger charge is -2.35. The number of benzene rings is 1. The molecule has 0 saturated carbocycles. The van der Waals surface area contributed by atoms with Gasteiger partial charge in [-0.25, -0.2) is 0 Å². The quantitative estimate of drug-likeness (QED) is 0.662. The summed E-state index contributed by atoms with van der Waals surface area (Å²) in [6.45, 7) is 2.28. The third-order valence-electron chi connectivity index (χ3n) is 4.83. The van der Waals surface area contributed by atoms with Crippen LogP contribution in [0.25, 0.3) is 0 Å². The summed E-state index contributed by atoms with van der Waals surface area (Å²) in [5.41, 5.74) is 9.72.